The van der Waals surface area contributed by atoms with Crippen molar-refractivity contribution in [2.24, 2.45) is 10.9 Å². The van der Waals surface area contributed by atoms with Crippen LogP contribution in [0.3, 0.4) is 0 Å². The van der Waals surface area contributed by atoms with Gasteiger partial charge in [0.15, 0.2) is 17.5 Å². The lowest BCUT2D eigenvalue weighted by atomic mass is 10.1. The molecule has 0 radical (unpaired) electrons. The first-order chi connectivity index (χ1) is 14.7. The Hall–Kier alpha value is -3.09. The molecule has 0 aliphatic heterocycles. The lowest BCUT2D eigenvalue weighted by Crippen LogP contribution is -2.36. The molecule has 0 bridgehead atoms. The van der Waals surface area contributed by atoms with Crippen LogP contribution >= 0.6 is 0 Å². The molecule has 7 nitrogen and oxygen atoms in total. The van der Waals surface area contributed by atoms with Crippen LogP contribution < -0.4 is 29.6 Å². The smallest absolute Gasteiger partial charge is 0.191 e. The number of rotatable bonds is 10. The number of aliphatic imine (C=N–C) groups is 1. The summed E-state index contributed by atoms with van der Waals surface area (Å²) in [5.74, 6) is 4.33. The normalized spacial score (nSPS) is 13.5. The van der Waals surface area contributed by atoms with Crippen molar-refractivity contribution in [1.82, 2.24) is 10.6 Å². The molecule has 1 fully saturated rings. The first-order valence-electron chi connectivity index (χ1n) is 10.1. The molecule has 0 unspecified atom stereocenters. The molecule has 0 saturated heterocycles. The maximum Gasteiger partial charge on any atom is 0.191 e. The fraction of sp³-hybridized carbons (Fsp3) is 0.435. The molecule has 162 valence electrons. The fourth-order valence-corrected chi connectivity index (χ4v) is 3.09. The van der Waals surface area contributed by atoms with Gasteiger partial charge < -0.3 is 29.6 Å². The highest BCUT2D eigenvalue weighted by atomic mass is 16.5. The predicted octanol–water partition coefficient (Wildman–Crippen LogP) is 3.37. The molecule has 0 spiro atoms. The Kier molecular flexibility index (Phi) is 7.65. The van der Waals surface area contributed by atoms with E-state index in [2.05, 4.69) is 21.7 Å². The molecular formula is C23H31N3O4. The van der Waals surface area contributed by atoms with Gasteiger partial charge in [-0.2, -0.15) is 0 Å². The highest BCUT2D eigenvalue weighted by molar-refractivity contribution is 5.79. The fourth-order valence-electron chi connectivity index (χ4n) is 3.09. The van der Waals surface area contributed by atoms with Crippen LogP contribution in [-0.4, -0.2) is 40.9 Å². The van der Waals surface area contributed by atoms with Crippen LogP contribution in [0.5, 0.6) is 23.0 Å². The molecule has 2 aromatic rings. The number of para-hydroxylation sites is 1. The molecule has 1 aliphatic rings. The highest BCUT2D eigenvalue weighted by Crippen LogP contribution is 2.34. The Morgan fingerprint density at radius 1 is 0.867 bits per heavy atom. The Balaban J connectivity index is 1.60. The van der Waals surface area contributed by atoms with Gasteiger partial charge in [-0.05, 0) is 30.9 Å². The maximum absolute atomic E-state index is 5.99. The molecular weight excluding hydrogens is 382 g/mol. The summed E-state index contributed by atoms with van der Waals surface area (Å²) in [6.07, 6.45) is 2.55. The summed E-state index contributed by atoms with van der Waals surface area (Å²) in [6, 6.07) is 11.8. The first-order valence-corrected chi connectivity index (χ1v) is 10.1. The molecule has 0 atom stereocenters. The minimum atomic E-state index is 0.517. The van der Waals surface area contributed by atoms with E-state index >= 15 is 0 Å². The molecule has 2 aromatic carbocycles. The second kappa shape index (κ2) is 10.6. The van der Waals surface area contributed by atoms with E-state index < -0.39 is 0 Å². The Bertz CT molecular complexity index is 866. The van der Waals surface area contributed by atoms with Crippen molar-refractivity contribution in [3.8, 4) is 23.0 Å². The molecule has 7 heteroatoms. The molecule has 30 heavy (non-hydrogen) atoms. The molecule has 3 rings (SSSR count). The van der Waals surface area contributed by atoms with Gasteiger partial charge in [0.25, 0.3) is 0 Å². The minimum absolute atomic E-state index is 0.517. The van der Waals surface area contributed by atoms with Crippen LogP contribution in [0.25, 0.3) is 0 Å². The molecule has 1 saturated carbocycles. The van der Waals surface area contributed by atoms with Gasteiger partial charge in [-0.25, -0.2) is 0 Å². The van der Waals surface area contributed by atoms with Crippen LogP contribution in [-0.2, 0) is 13.1 Å². The van der Waals surface area contributed by atoms with E-state index in [-0.39, 0.29) is 0 Å². The third kappa shape index (κ3) is 5.72. The number of benzene rings is 2. The van der Waals surface area contributed by atoms with Crippen molar-refractivity contribution >= 4 is 5.96 Å². The Labute approximate surface area is 178 Å². The largest absolute Gasteiger partial charge is 0.496 e. The number of hydrogen-bond donors (Lipinski definition) is 2. The molecule has 0 heterocycles. The van der Waals surface area contributed by atoms with Crippen LogP contribution in [0, 0.1) is 5.92 Å². The standard InChI is InChI=1S/C23H31N3O4/c1-24-23(25-13-17-7-5-6-8-19(17)30-15-16-9-10-16)26-14-18-11-21(28-3)22(29-4)12-20(18)27-2/h5-8,11-12,16H,9-10,13-15H2,1-4H3,(H2,24,25,26). The van der Waals surface area contributed by atoms with E-state index in [4.69, 9.17) is 18.9 Å². The quantitative estimate of drug-likeness (QED) is 0.460. The summed E-state index contributed by atoms with van der Waals surface area (Å²) in [5, 5.41) is 6.67. The summed E-state index contributed by atoms with van der Waals surface area (Å²) < 4.78 is 22.2. The summed E-state index contributed by atoms with van der Waals surface area (Å²) in [7, 11) is 6.60. The summed E-state index contributed by atoms with van der Waals surface area (Å²) in [4.78, 5) is 4.32. The van der Waals surface area contributed by atoms with E-state index in [1.54, 1.807) is 28.4 Å². The first kappa shape index (κ1) is 21.6. The van der Waals surface area contributed by atoms with Crippen molar-refractivity contribution in [2.45, 2.75) is 25.9 Å². The van der Waals surface area contributed by atoms with Gasteiger partial charge in [0.05, 0.1) is 27.9 Å². The number of methoxy groups -OCH3 is 3. The lowest BCUT2D eigenvalue weighted by molar-refractivity contribution is 0.296. The molecule has 0 amide bonds. The van der Waals surface area contributed by atoms with Gasteiger partial charge in [-0.1, -0.05) is 18.2 Å². The average molecular weight is 414 g/mol. The second-order valence-electron chi connectivity index (χ2n) is 7.16. The number of hydrogen-bond acceptors (Lipinski definition) is 5. The SMILES string of the molecule is CN=C(NCc1cc(OC)c(OC)cc1OC)NCc1ccccc1OCC1CC1. The van der Waals surface area contributed by atoms with E-state index in [1.165, 1.54) is 12.8 Å². The van der Waals surface area contributed by atoms with E-state index in [0.717, 1.165) is 35.2 Å². The zero-order chi connectivity index (χ0) is 21.3. The van der Waals surface area contributed by atoms with Crippen molar-refractivity contribution in [3.05, 3.63) is 47.5 Å². The Morgan fingerprint density at radius 3 is 2.13 bits per heavy atom. The highest BCUT2D eigenvalue weighted by Gasteiger charge is 2.22. The van der Waals surface area contributed by atoms with E-state index in [0.29, 0.717) is 30.5 Å². The van der Waals surface area contributed by atoms with Crippen molar-refractivity contribution in [1.29, 1.82) is 0 Å². The van der Waals surface area contributed by atoms with Crippen LogP contribution in [0.1, 0.15) is 24.0 Å². The van der Waals surface area contributed by atoms with Crippen molar-refractivity contribution < 1.29 is 18.9 Å². The predicted molar refractivity (Wildman–Crippen MR) is 118 cm³/mol. The van der Waals surface area contributed by atoms with E-state index in [9.17, 15) is 0 Å². The van der Waals surface area contributed by atoms with Gasteiger partial charge >= 0.3 is 0 Å². The average Bonchev–Trinajstić information content (AvgIpc) is 3.62. The second-order valence-corrected chi connectivity index (χ2v) is 7.16. The molecule has 1 aliphatic carbocycles. The third-order valence-corrected chi connectivity index (χ3v) is 5.05. The topological polar surface area (TPSA) is 73.3 Å². The number of ether oxygens (including phenoxy) is 4. The van der Waals surface area contributed by atoms with Crippen LogP contribution in [0.2, 0.25) is 0 Å². The summed E-state index contributed by atoms with van der Waals surface area (Å²) in [6.45, 7) is 1.93. The maximum atomic E-state index is 5.99. The number of nitrogens with one attached hydrogen (secondary N) is 2. The molecule has 2 N–H and O–H groups in total. The summed E-state index contributed by atoms with van der Waals surface area (Å²) >= 11 is 0. The number of guanidine groups is 1. The van der Waals surface area contributed by atoms with Gasteiger partial charge in [0, 0.05) is 37.3 Å². The zero-order valence-corrected chi connectivity index (χ0v) is 18.2. The van der Waals surface area contributed by atoms with Crippen LogP contribution in [0.4, 0.5) is 0 Å². The lowest BCUT2D eigenvalue weighted by Gasteiger charge is -2.17. The van der Waals surface area contributed by atoms with Crippen molar-refractivity contribution in [2.75, 3.05) is 35.0 Å². The van der Waals surface area contributed by atoms with Gasteiger partial charge in [-0.3, -0.25) is 4.99 Å². The molecule has 0 aromatic heterocycles. The summed E-state index contributed by atoms with van der Waals surface area (Å²) in [5.41, 5.74) is 2.04. The third-order valence-electron chi connectivity index (χ3n) is 5.05. The monoisotopic (exact) mass is 413 g/mol. The van der Waals surface area contributed by atoms with E-state index in [1.807, 2.05) is 30.3 Å². The zero-order valence-electron chi connectivity index (χ0n) is 18.2. The van der Waals surface area contributed by atoms with Gasteiger partial charge in [0.2, 0.25) is 0 Å². The van der Waals surface area contributed by atoms with Crippen molar-refractivity contribution in [3.63, 3.8) is 0 Å². The van der Waals surface area contributed by atoms with Gasteiger partial charge in [-0.15, -0.1) is 0 Å². The Morgan fingerprint density at radius 2 is 1.50 bits per heavy atom. The number of nitrogens with zero attached hydrogens (tertiary/aromatic N) is 1. The van der Waals surface area contributed by atoms with Crippen LogP contribution in [0.15, 0.2) is 41.4 Å². The van der Waals surface area contributed by atoms with Gasteiger partial charge in [0.1, 0.15) is 11.5 Å². The minimum Gasteiger partial charge on any atom is -0.496 e.